The van der Waals surface area contributed by atoms with Gasteiger partial charge in [0.05, 0.1) is 5.56 Å². The summed E-state index contributed by atoms with van der Waals surface area (Å²) in [6.45, 7) is 6.20. The van der Waals surface area contributed by atoms with Crippen molar-refractivity contribution in [3.05, 3.63) is 75.5 Å². The molecule has 1 N–H and O–H groups in total. The van der Waals surface area contributed by atoms with E-state index in [4.69, 9.17) is 0 Å². The maximum absolute atomic E-state index is 12.9. The molecule has 0 unspecified atom stereocenters. The van der Waals surface area contributed by atoms with Crippen molar-refractivity contribution in [1.82, 2.24) is 0 Å². The SMILES string of the molecule is CCc1cccc(C)c1NC(=O)c1csc(C)c1-c1ccccc1. The number of carbonyl (C=O) groups is 1. The lowest BCUT2D eigenvalue weighted by atomic mass is 10.0. The van der Waals surface area contributed by atoms with Crippen LogP contribution in [0.15, 0.2) is 53.9 Å². The molecule has 24 heavy (non-hydrogen) atoms. The molecule has 0 spiro atoms. The van der Waals surface area contributed by atoms with Gasteiger partial charge in [-0.2, -0.15) is 0 Å². The first-order valence-corrected chi connectivity index (χ1v) is 9.03. The first-order chi connectivity index (χ1) is 11.6. The maximum atomic E-state index is 12.9. The molecule has 3 rings (SSSR count). The largest absolute Gasteiger partial charge is 0.321 e. The third-order valence-corrected chi connectivity index (χ3v) is 5.17. The molecule has 122 valence electrons. The minimum Gasteiger partial charge on any atom is -0.321 e. The number of aryl methyl sites for hydroxylation is 3. The predicted molar refractivity (Wildman–Crippen MR) is 103 cm³/mol. The van der Waals surface area contributed by atoms with Crippen molar-refractivity contribution in [3.63, 3.8) is 0 Å². The van der Waals surface area contributed by atoms with Crippen LogP contribution >= 0.6 is 11.3 Å². The second kappa shape index (κ2) is 7.02. The molecule has 0 radical (unpaired) electrons. The van der Waals surface area contributed by atoms with E-state index in [2.05, 4.69) is 37.4 Å². The summed E-state index contributed by atoms with van der Waals surface area (Å²) in [4.78, 5) is 14.1. The summed E-state index contributed by atoms with van der Waals surface area (Å²) in [5.74, 6) is -0.0396. The van der Waals surface area contributed by atoms with Crippen molar-refractivity contribution >= 4 is 22.9 Å². The molecule has 1 aromatic heterocycles. The van der Waals surface area contributed by atoms with E-state index in [-0.39, 0.29) is 5.91 Å². The minimum atomic E-state index is -0.0396. The molecular formula is C21H21NOS. The summed E-state index contributed by atoms with van der Waals surface area (Å²) in [7, 11) is 0. The average molecular weight is 335 g/mol. The van der Waals surface area contributed by atoms with Crippen LogP contribution < -0.4 is 5.32 Å². The molecule has 2 aromatic carbocycles. The second-order valence-corrected chi connectivity index (χ2v) is 6.95. The van der Waals surface area contributed by atoms with Crippen LogP contribution in [-0.2, 0) is 6.42 Å². The van der Waals surface area contributed by atoms with Crippen LogP contribution in [0.1, 0.15) is 33.3 Å². The fourth-order valence-corrected chi connectivity index (χ4v) is 3.83. The summed E-state index contributed by atoms with van der Waals surface area (Å²) < 4.78 is 0. The van der Waals surface area contributed by atoms with Gasteiger partial charge in [-0.05, 0) is 37.0 Å². The number of para-hydroxylation sites is 1. The van der Waals surface area contributed by atoms with Crippen molar-refractivity contribution in [3.8, 4) is 11.1 Å². The van der Waals surface area contributed by atoms with Gasteiger partial charge in [-0.1, -0.05) is 55.5 Å². The van der Waals surface area contributed by atoms with Crippen molar-refractivity contribution in [2.24, 2.45) is 0 Å². The molecule has 1 heterocycles. The van der Waals surface area contributed by atoms with Gasteiger partial charge < -0.3 is 5.32 Å². The first-order valence-electron chi connectivity index (χ1n) is 8.15. The summed E-state index contributed by atoms with van der Waals surface area (Å²) in [6.07, 6.45) is 0.894. The number of carbonyl (C=O) groups excluding carboxylic acids is 1. The molecule has 0 aliphatic carbocycles. The zero-order valence-corrected chi connectivity index (χ0v) is 15.0. The lowest BCUT2D eigenvalue weighted by Gasteiger charge is -2.13. The number of nitrogens with one attached hydrogen (secondary N) is 1. The number of anilines is 1. The number of hydrogen-bond acceptors (Lipinski definition) is 2. The fraction of sp³-hybridized carbons (Fsp3) is 0.190. The van der Waals surface area contributed by atoms with E-state index >= 15 is 0 Å². The van der Waals surface area contributed by atoms with Gasteiger partial charge in [-0.25, -0.2) is 0 Å². The Morgan fingerprint density at radius 1 is 1.04 bits per heavy atom. The van der Waals surface area contributed by atoms with Gasteiger partial charge >= 0.3 is 0 Å². The third-order valence-electron chi connectivity index (χ3n) is 4.26. The normalized spacial score (nSPS) is 10.6. The van der Waals surface area contributed by atoms with E-state index in [1.807, 2.05) is 42.6 Å². The van der Waals surface area contributed by atoms with Gasteiger partial charge in [0.2, 0.25) is 0 Å². The Balaban J connectivity index is 1.99. The summed E-state index contributed by atoms with van der Waals surface area (Å²) in [5.41, 5.74) is 6.06. The van der Waals surface area contributed by atoms with E-state index in [0.29, 0.717) is 0 Å². The molecule has 3 heteroatoms. The summed E-state index contributed by atoms with van der Waals surface area (Å²) in [5, 5.41) is 5.09. The van der Waals surface area contributed by atoms with Crippen LogP contribution in [0.2, 0.25) is 0 Å². The van der Waals surface area contributed by atoms with Crippen LogP contribution in [0.25, 0.3) is 11.1 Å². The smallest absolute Gasteiger partial charge is 0.257 e. The highest BCUT2D eigenvalue weighted by Crippen LogP contribution is 2.33. The number of benzene rings is 2. The molecule has 0 aliphatic rings. The van der Waals surface area contributed by atoms with E-state index in [9.17, 15) is 4.79 Å². The van der Waals surface area contributed by atoms with Gasteiger partial charge in [0.1, 0.15) is 0 Å². The van der Waals surface area contributed by atoms with Crippen molar-refractivity contribution in [1.29, 1.82) is 0 Å². The zero-order valence-electron chi connectivity index (χ0n) is 14.2. The molecular weight excluding hydrogens is 314 g/mol. The fourth-order valence-electron chi connectivity index (χ4n) is 2.97. The van der Waals surface area contributed by atoms with E-state index in [0.717, 1.165) is 44.8 Å². The van der Waals surface area contributed by atoms with Gasteiger partial charge in [0.25, 0.3) is 5.91 Å². The van der Waals surface area contributed by atoms with Gasteiger partial charge in [-0.15, -0.1) is 11.3 Å². The van der Waals surface area contributed by atoms with E-state index < -0.39 is 0 Å². The second-order valence-electron chi connectivity index (χ2n) is 5.86. The lowest BCUT2D eigenvalue weighted by molar-refractivity contribution is 0.102. The van der Waals surface area contributed by atoms with Gasteiger partial charge in [0.15, 0.2) is 0 Å². The third kappa shape index (κ3) is 3.13. The molecule has 0 bridgehead atoms. The molecule has 3 aromatic rings. The summed E-state index contributed by atoms with van der Waals surface area (Å²) in [6, 6.07) is 16.2. The van der Waals surface area contributed by atoms with Crippen LogP contribution in [0, 0.1) is 13.8 Å². The predicted octanol–water partition coefficient (Wildman–Crippen LogP) is 5.85. The standard InChI is InChI=1S/C21H21NOS/c1-4-16-12-8-9-14(2)20(16)22-21(23)18-13-24-15(3)19(18)17-10-6-5-7-11-17/h5-13H,4H2,1-3H3,(H,22,23). The van der Waals surface area contributed by atoms with Crippen LogP contribution in [0.5, 0.6) is 0 Å². The van der Waals surface area contributed by atoms with Crippen LogP contribution in [0.3, 0.4) is 0 Å². The van der Waals surface area contributed by atoms with E-state index in [1.54, 1.807) is 11.3 Å². The monoisotopic (exact) mass is 335 g/mol. The Morgan fingerprint density at radius 2 is 1.79 bits per heavy atom. The number of amides is 1. The number of hydrogen-bond donors (Lipinski definition) is 1. The number of rotatable bonds is 4. The van der Waals surface area contributed by atoms with Crippen LogP contribution in [-0.4, -0.2) is 5.91 Å². The Labute approximate surface area is 147 Å². The summed E-state index contributed by atoms with van der Waals surface area (Å²) >= 11 is 1.62. The minimum absolute atomic E-state index is 0.0396. The van der Waals surface area contributed by atoms with Gasteiger partial charge in [0, 0.05) is 21.5 Å². The molecule has 0 aliphatic heterocycles. The Hall–Kier alpha value is -2.39. The first kappa shape index (κ1) is 16.5. The molecule has 0 fully saturated rings. The zero-order chi connectivity index (χ0) is 17.1. The molecule has 2 nitrogen and oxygen atoms in total. The quantitative estimate of drug-likeness (QED) is 0.637. The van der Waals surface area contributed by atoms with E-state index in [1.165, 1.54) is 0 Å². The maximum Gasteiger partial charge on any atom is 0.257 e. The van der Waals surface area contributed by atoms with Crippen molar-refractivity contribution in [2.75, 3.05) is 5.32 Å². The lowest BCUT2D eigenvalue weighted by Crippen LogP contribution is -2.14. The molecule has 0 atom stereocenters. The van der Waals surface area contributed by atoms with Gasteiger partial charge in [-0.3, -0.25) is 4.79 Å². The molecule has 0 saturated heterocycles. The number of thiophene rings is 1. The topological polar surface area (TPSA) is 29.1 Å². The highest BCUT2D eigenvalue weighted by Gasteiger charge is 2.18. The average Bonchev–Trinajstić information content (AvgIpc) is 2.99. The Bertz CT molecular complexity index is 865. The molecule has 1 amide bonds. The van der Waals surface area contributed by atoms with Crippen molar-refractivity contribution in [2.45, 2.75) is 27.2 Å². The highest BCUT2D eigenvalue weighted by molar-refractivity contribution is 7.10. The van der Waals surface area contributed by atoms with Crippen molar-refractivity contribution < 1.29 is 4.79 Å². The Kier molecular flexibility index (Phi) is 4.81. The molecule has 0 saturated carbocycles. The highest BCUT2D eigenvalue weighted by atomic mass is 32.1. The van der Waals surface area contributed by atoms with Crippen LogP contribution in [0.4, 0.5) is 5.69 Å². The Morgan fingerprint density at radius 3 is 2.50 bits per heavy atom.